The molecule has 0 fully saturated rings. The van der Waals surface area contributed by atoms with E-state index in [9.17, 15) is 0 Å². The fraction of sp³-hybridized carbons (Fsp3) is 0.294. The van der Waals surface area contributed by atoms with E-state index in [4.69, 9.17) is 0 Å². The van der Waals surface area contributed by atoms with Gasteiger partial charge in [0.05, 0.1) is 19.5 Å². The fourth-order valence-electron chi connectivity index (χ4n) is 2.60. The van der Waals surface area contributed by atoms with Crippen molar-refractivity contribution in [2.75, 3.05) is 31.8 Å². The summed E-state index contributed by atoms with van der Waals surface area (Å²) < 4.78 is 0. The molecule has 0 saturated heterocycles. The molecule has 0 aliphatic carbocycles. The van der Waals surface area contributed by atoms with Gasteiger partial charge < -0.3 is 32.9 Å². The van der Waals surface area contributed by atoms with E-state index in [2.05, 4.69) is 57.9 Å². The van der Waals surface area contributed by atoms with Gasteiger partial charge in [0.15, 0.2) is 0 Å². The van der Waals surface area contributed by atoms with Crippen molar-refractivity contribution in [1.29, 1.82) is 0 Å². The number of aryl methyl sites for hydroxylation is 1. The van der Waals surface area contributed by atoms with Crippen LogP contribution in [0.3, 0.4) is 0 Å². The smallest absolute Gasteiger partial charge is 0.143 e. The van der Waals surface area contributed by atoms with Gasteiger partial charge in [-0.15, -0.1) is 0 Å². The summed E-state index contributed by atoms with van der Waals surface area (Å²) in [6, 6.07) is 8.53. The van der Waals surface area contributed by atoms with Crippen LogP contribution < -0.4 is 27.9 Å². The number of hydrogen-bond acceptors (Lipinski definition) is 4. The molecule has 0 spiro atoms. The Morgan fingerprint density at radius 1 is 1.17 bits per heavy atom. The Bertz CT molecular complexity index is 827. The summed E-state index contributed by atoms with van der Waals surface area (Å²) in [5.74, 6) is 1.62. The zero-order chi connectivity index (χ0) is 16.4. The minimum absolute atomic E-state index is 0. The predicted molar refractivity (Wildman–Crippen MR) is 94.4 cm³/mol. The number of benzene rings is 1. The third-order valence-electron chi connectivity index (χ3n) is 3.85. The van der Waals surface area contributed by atoms with Crippen molar-refractivity contribution in [1.82, 2.24) is 15.0 Å². The molecular formula is C17H23ClN6. The zero-order valence-corrected chi connectivity index (χ0v) is 15.1. The molecule has 3 aromatic rings. The van der Waals surface area contributed by atoms with E-state index in [1.165, 1.54) is 16.2 Å². The summed E-state index contributed by atoms with van der Waals surface area (Å²) in [7, 11) is 6.20. The molecule has 0 unspecified atom stereocenters. The van der Waals surface area contributed by atoms with Crippen LogP contribution in [0.1, 0.15) is 11.4 Å². The molecule has 6 nitrogen and oxygen atoms in total. The van der Waals surface area contributed by atoms with Gasteiger partial charge in [0.25, 0.3) is 0 Å². The van der Waals surface area contributed by atoms with E-state index in [1.807, 2.05) is 26.2 Å². The lowest BCUT2D eigenvalue weighted by Crippen LogP contribution is -3.00. The number of aromatic amines is 1. The van der Waals surface area contributed by atoms with Gasteiger partial charge in [-0.25, -0.2) is 9.97 Å². The summed E-state index contributed by atoms with van der Waals surface area (Å²) >= 11 is 0. The molecule has 2 heterocycles. The first-order chi connectivity index (χ1) is 11.1. The Balaban J connectivity index is 0.00000208. The van der Waals surface area contributed by atoms with E-state index in [1.54, 1.807) is 0 Å². The first-order valence-electron chi connectivity index (χ1n) is 7.74. The summed E-state index contributed by atoms with van der Waals surface area (Å²) in [6.45, 7) is 2.62. The van der Waals surface area contributed by atoms with Crippen molar-refractivity contribution in [3.05, 3.63) is 41.9 Å². The molecule has 24 heavy (non-hydrogen) atoms. The molecule has 1 aromatic carbocycles. The van der Waals surface area contributed by atoms with Gasteiger partial charge in [-0.2, -0.15) is 0 Å². The number of quaternary nitrogens is 1. The van der Waals surface area contributed by atoms with Crippen molar-refractivity contribution in [2.24, 2.45) is 0 Å². The second-order valence-corrected chi connectivity index (χ2v) is 5.88. The number of nitrogens with zero attached hydrogens (tertiary/aromatic N) is 2. The fourth-order valence-corrected chi connectivity index (χ4v) is 2.60. The predicted octanol–water partition coefficient (Wildman–Crippen LogP) is -1.30. The zero-order valence-electron chi connectivity index (χ0n) is 14.4. The van der Waals surface area contributed by atoms with Crippen LogP contribution in [0.5, 0.6) is 0 Å². The summed E-state index contributed by atoms with van der Waals surface area (Å²) in [6.07, 6.45) is 1.89. The molecule has 2 aromatic heterocycles. The van der Waals surface area contributed by atoms with Crippen molar-refractivity contribution in [3.63, 3.8) is 0 Å². The third kappa shape index (κ3) is 3.77. The van der Waals surface area contributed by atoms with Gasteiger partial charge in [-0.1, -0.05) is 0 Å². The lowest BCUT2D eigenvalue weighted by Gasteiger charge is -2.13. The Morgan fingerprint density at radius 3 is 2.67 bits per heavy atom. The van der Waals surface area contributed by atoms with Crippen LogP contribution >= 0.6 is 0 Å². The van der Waals surface area contributed by atoms with Crippen molar-refractivity contribution in [2.45, 2.75) is 13.5 Å². The van der Waals surface area contributed by atoms with E-state index >= 15 is 0 Å². The number of rotatable bonds is 5. The Hall–Kier alpha value is -2.31. The monoisotopic (exact) mass is 346 g/mol. The maximum atomic E-state index is 4.53. The molecule has 0 bridgehead atoms. The largest absolute Gasteiger partial charge is 1.00 e. The number of hydrogen-bond donors (Lipinski definition) is 4. The van der Waals surface area contributed by atoms with Gasteiger partial charge in [0.1, 0.15) is 23.0 Å². The number of H-pyrrole nitrogens is 1. The molecule has 0 radical (unpaired) electrons. The molecule has 0 aliphatic rings. The highest BCUT2D eigenvalue weighted by molar-refractivity contribution is 5.86. The van der Waals surface area contributed by atoms with Gasteiger partial charge in [-0.3, -0.25) is 0 Å². The molecule has 0 atom stereocenters. The van der Waals surface area contributed by atoms with Crippen LogP contribution in [-0.4, -0.2) is 36.1 Å². The SMILES string of the molecule is CNc1cc(CNc2nc(C)nc3[nH]ccc23)cc([NH+](C)C)c1.[Cl-]. The number of aromatic nitrogens is 3. The summed E-state index contributed by atoms with van der Waals surface area (Å²) in [5, 5.41) is 7.68. The Morgan fingerprint density at radius 2 is 1.96 bits per heavy atom. The van der Waals surface area contributed by atoms with Crippen LogP contribution in [-0.2, 0) is 6.54 Å². The molecular weight excluding hydrogens is 324 g/mol. The minimum Gasteiger partial charge on any atom is -1.00 e. The van der Waals surface area contributed by atoms with E-state index in [-0.39, 0.29) is 12.4 Å². The second-order valence-electron chi connectivity index (χ2n) is 5.88. The average Bonchev–Trinajstić information content (AvgIpc) is 3.00. The molecule has 0 saturated carbocycles. The van der Waals surface area contributed by atoms with Crippen molar-refractivity contribution < 1.29 is 17.3 Å². The number of nitrogens with one attached hydrogen (secondary N) is 4. The molecule has 0 amide bonds. The first kappa shape index (κ1) is 18.0. The topological polar surface area (TPSA) is 70.1 Å². The maximum Gasteiger partial charge on any atom is 0.143 e. The van der Waals surface area contributed by atoms with E-state index in [0.29, 0.717) is 6.54 Å². The normalized spacial score (nSPS) is 10.7. The molecule has 128 valence electrons. The van der Waals surface area contributed by atoms with Crippen molar-refractivity contribution in [3.8, 4) is 0 Å². The highest BCUT2D eigenvalue weighted by atomic mass is 35.5. The van der Waals surface area contributed by atoms with E-state index < -0.39 is 0 Å². The minimum atomic E-state index is 0. The number of fused-ring (bicyclic) bond motifs is 1. The number of halogens is 1. The summed E-state index contributed by atoms with van der Waals surface area (Å²) in [4.78, 5) is 13.4. The molecule has 3 rings (SSSR count). The first-order valence-corrected chi connectivity index (χ1v) is 7.74. The highest BCUT2D eigenvalue weighted by Gasteiger charge is 2.09. The quantitative estimate of drug-likeness (QED) is 0.463. The highest BCUT2D eigenvalue weighted by Crippen LogP contribution is 2.21. The van der Waals surface area contributed by atoms with Crippen molar-refractivity contribution >= 4 is 28.2 Å². The standard InChI is InChI=1S/C17H22N6.ClH/c1-11-21-16-15(5-6-19-16)17(22-11)20-10-12-7-13(18-2)9-14(8-12)23(3)4;/h5-9,18H,10H2,1-4H3,(H2,19,20,21,22);1H. The Kier molecular flexibility index (Phi) is 5.64. The molecule has 7 heteroatoms. The second kappa shape index (κ2) is 7.51. The third-order valence-corrected chi connectivity index (χ3v) is 3.85. The molecule has 0 aliphatic heterocycles. The van der Waals surface area contributed by atoms with Crippen LogP contribution in [0.15, 0.2) is 30.5 Å². The summed E-state index contributed by atoms with van der Waals surface area (Å²) in [5.41, 5.74) is 4.45. The van der Waals surface area contributed by atoms with Crippen LogP contribution in [0.4, 0.5) is 17.2 Å². The van der Waals surface area contributed by atoms with Crippen LogP contribution in [0, 0.1) is 6.92 Å². The van der Waals surface area contributed by atoms with E-state index in [0.717, 1.165) is 28.4 Å². The van der Waals surface area contributed by atoms with Gasteiger partial charge in [-0.05, 0) is 24.6 Å². The lowest BCUT2D eigenvalue weighted by atomic mass is 10.1. The number of anilines is 2. The van der Waals surface area contributed by atoms with Gasteiger partial charge in [0.2, 0.25) is 0 Å². The maximum absolute atomic E-state index is 4.53. The van der Waals surface area contributed by atoms with Crippen LogP contribution in [0.2, 0.25) is 0 Å². The van der Waals surface area contributed by atoms with Crippen LogP contribution in [0.25, 0.3) is 11.0 Å². The lowest BCUT2D eigenvalue weighted by molar-refractivity contribution is -0.786. The Labute approximate surface area is 148 Å². The average molecular weight is 347 g/mol. The van der Waals surface area contributed by atoms with Gasteiger partial charge >= 0.3 is 0 Å². The van der Waals surface area contributed by atoms with Gasteiger partial charge in [0, 0.05) is 37.6 Å². The molecule has 4 N–H and O–H groups in total.